The van der Waals surface area contributed by atoms with Crippen LogP contribution in [0.1, 0.15) is 53.5 Å². The minimum atomic E-state index is -0.731. The second kappa shape index (κ2) is 3.49. The van der Waals surface area contributed by atoms with Gasteiger partial charge in [0.2, 0.25) is 0 Å². The zero-order valence-electron chi connectivity index (χ0n) is 10.6. The first-order chi connectivity index (χ1) is 8.04. The smallest absolute Gasteiger partial charge is 0.125 e. The zero-order valence-corrected chi connectivity index (χ0v) is 10.6. The molecule has 2 nitrogen and oxygen atoms in total. The maximum absolute atomic E-state index is 10.4. The fourth-order valence-electron chi connectivity index (χ4n) is 3.33. The Hall–Kier alpha value is -1.02. The van der Waals surface area contributed by atoms with Crippen LogP contribution in [0.25, 0.3) is 0 Å². The highest BCUT2D eigenvalue weighted by Gasteiger charge is 2.46. The van der Waals surface area contributed by atoms with E-state index >= 15 is 0 Å². The molecule has 1 saturated carbocycles. The Balaban J connectivity index is 2.26. The van der Waals surface area contributed by atoms with Crippen LogP contribution in [-0.2, 0) is 18.4 Å². The maximum atomic E-state index is 10.4. The van der Waals surface area contributed by atoms with E-state index in [1.165, 1.54) is 24.0 Å². The van der Waals surface area contributed by atoms with Gasteiger partial charge in [-0.25, -0.2) is 0 Å². The van der Waals surface area contributed by atoms with Gasteiger partial charge in [-0.15, -0.1) is 0 Å². The summed E-state index contributed by atoms with van der Waals surface area (Å²) in [5.74, 6) is 0.350. The lowest BCUT2D eigenvalue weighted by Crippen LogP contribution is -2.15. The minimum Gasteiger partial charge on any atom is -0.507 e. The Morgan fingerprint density at radius 1 is 0.941 bits per heavy atom. The Morgan fingerprint density at radius 3 is 2.00 bits per heavy atom. The molecule has 0 aromatic heterocycles. The van der Waals surface area contributed by atoms with Crippen LogP contribution >= 0.6 is 0 Å². The zero-order chi connectivity index (χ0) is 12.2. The van der Waals surface area contributed by atoms with E-state index in [4.69, 9.17) is 0 Å². The molecule has 1 aromatic carbocycles. The maximum Gasteiger partial charge on any atom is 0.125 e. The van der Waals surface area contributed by atoms with Gasteiger partial charge in [0, 0.05) is 5.56 Å². The summed E-state index contributed by atoms with van der Waals surface area (Å²) in [6, 6.07) is 0. The Morgan fingerprint density at radius 2 is 1.47 bits per heavy atom. The highest BCUT2D eigenvalue weighted by atomic mass is 16.3. The monoisotopic (exact) mass is 232 g/mol. The average Bonchev–Trinajstić information content (AvgIpc) is 3.05. The Labute approximate surface area is 102 Å². The summed E-state index contributed by atoms with van der Waals surface area (Å²) in [5, 5.41) is 20.7. The molecule has 0 saturated heterocycles. The second-order valence-electron chi connectivity index (χ2n) is 5.67. The van der Waals surface area contributed by atoms with Gasteiger partial charge in [-0.3, -0.25) is 0 Å². The topological polar surface area (TPSA) is 40.5 Å². The summed E-state index contributed by atoms with van der Waals surface area (Å²) >= 11 is 0. The molecule has 0 heterocycles. The molecule has 0 atom stereocenters. The van der Waals surface area contributed by atoms with Crippen LogP contribution in [0.4, 0.5) is 0 Å². The number of fused-ring (bicyclic) bond motifs is 1. The van der Waals surface area contributed by atoms with E-state index in [1.54, 1.807) is 0 Å². The van der Waals surface area contributed by atoms with Crippen LogP contribution in [0.2, 0.25) is 0 Å². The highest BCUT2D eigenvalue weighted by Crippen LogP contribution is 2.52. The van der Waals surface area contributed by atoms with Gasteiger partial charge in [0.1, 0.15) is 5.75 Å². The van der Waals surface area contributed by atoms with Crippen LogP contribution in [0.15, 0.2) is 0 Å². The molecule has 17 heavy (non-hydrogen) atoms. The summed E-state index contributed by atoms with van der Waals surface area (Å²) in [7, 11) is 0. The largest absolute Gasteiger partial charge is 0.507 e. The van der Waals surface area contributed by atoms with E-state index in [2.05, 4.69) is 6.92 Å². The summed E-state index contributed by atoms with van der Waals surface area (Å²) < 4.78 is 0. The van der Waals surface area contributed by atoms with E-state index in [0.29, 0.717) is 5.75 Å². The summed E-state index contributed by atoms with van der Waals surface area (Å²) in [6.07, 6.45) is 6.21. The normalized spacial score (nSPS) is 21.1. The molecule has 2 aliphatic rings. The van der Waals surface area contributed by atoms with Crippen molar-refractivity contribution in [2.45, 2.75) is 58.0 Å². The lowest BCUT2D eigenvalue weighted by Gasteiger charge is -2.26. The molecule has 2 aliphatic carbocycles. The molecular formula is C15H20O2. The van der Waals surface area contributed by atoms with Gasteiger partial charge in [0.05, 0.1) is 5.60 Å². The summed E-state index contributed by atoms with van der Waals surface area (Å²) in [5.41, 5.74) is 4.95. The van der Waals surface area contributed by atoms with Gasteiger partial charge in [0.25, 0.3) is 0 Å². The van der Waals surface area contributed by atoms with Crippen molar-refractivity contribution in [2.24, 2.45) is 0 Å². The molecule has 0 radical (unpaired) electrons. The van der Waals surface area contributed by atoms with Crippen molar-refractivity contribution in [1.82, 2.24) is 0 Å². The van der Waals surface area contributed by atoms with Crippen LogP contribution in [-0.4, -0.2) is 10.2 Å². The molecule has 0 aliphatic heterocycles. The van der Waals surface area contributed by atoms with Crippen LogP contribution < -0.4 is 0 Å². The molecule has 2 heteroatoms. The summed E-state index contributed by atoms with van der Waals surface area (Å²) in [6.45, 7) is 4.06. The Bertz CT molecular complexity index is 484. The number of phenolic OH excluding ortho intramolecular Hbond substituents is 1. The molecule has 3 rings (SSSR count). The first-order valence-electron chi connectivity index (χ1n) is 6.61. The SMILES string of the molecule is Cc1c(O)c(C2(O)CC2)c(C)c2c1CCCC2. The van der Waals surface area contributed by atoms with Crippen molar-refractivity contribution in [2.75, 3.05) is 0 Å². The number of aliphatic hydroxyl groups is 1. The van der Waals surface area contributed by atoms with Crippen LogP contribution in [0.3, 0.4) is 0 Å². The predicted molar refractivity (Wildman–Crippen MR) is 67.4 cm³/mol. The third kappa shape index (κ3) is 1.50. The molecule has 0 bridgehead atoms. The van der Waals surface area contributed by atoms with Gasteiger partial charge in [-0.05, 0) is 74.6 Å². The molecule has 0 amide bonds. The van der Waals surface area contributed by atoms with E-state index < -0.39 is 5.60 Å². The number of aromatic hydroxyl groups is 1. The molecule has 1 fully saturated rings. The van der Waals surface area contributed by atoms with E-state index in [1.807, 2.05) is 6.92 Å². The number of rotatable bonds is 1. The van der Waals surface area contributed by atoms with E-state index in [0.717, 1.165) is 42.4 Å². The van der Waals surface area contributed by atoms with Crippen molar-refractivity contribution < 1.29 is 10.2 Å². The molecule has 2 N–H and O–H groups in total. The standard InChI is InChI=1S/C15H20O2/c1-9-11-5-3-4-6-12(11)10(2)14(16)13(9)15(17)7-8-15/h16-17H,3-8H2,1-2H3. The lowest BCUT2D eigenvalue weighted by atomic mass is 9.81. The van der Waals surface area contributed by atoms with Gasteiger partial charge in [-0.2, -0.15) is 0 Å². The number of hydrogen-bond donors (Lipinski definition) is 2. The van der Waals surface area contributed by atoms with Crippen molar-refractivity contribution in [3.63, 3.8) is 0 Å². The van der Waals surface area contributed by atoms with E-state index in [-0.39, 0.29) is 0 Å². The van der Waals surface area contributed by atoms with Gasteiger partial charge in [0.15, 0.2) is 0 Å². The molecule has 92 valence electrons. The summed E-state index contributed by atoms with van der Waals surface area (Å²) in [4.78, 5) is 0. The highest BCUT2D eigenvalue weighted by molar-refractivity contribution is 5.58. The lowest BCUT2D eigenvalue weighted by molar-refractivity contribution is 0.146. The fraction of sp³-hybridized carbons (Fsp3) is 0.600. The minimum absolute atomic E-state index is 0.350. The van der Waals surface area contributed by atoms with Gasteiger partial charge >= 0.3 is 0 Å². The molecule has 0 spiro atoms. The number of hydrogen-bond acceptors (Lipinski definition) is 2. The Kier molecular flexibility index (Phi) is 2.27. The van der Waals surface area contributed by atoms with Crippen LogP contribution in [0.5, 0.6) is 5.75 Å². The van der Waals surface area contributed by atoms with Crippen LogP contribution in [0, 0.1) is 13.8 Å². The first kappa shape index (κ1) is 11.1. The average molecular weight is 232 g/mol. The predicted octanol–water partition coefficient (Wildman–Crippen LogP) is 2.87. The van der Waals surface area contributed by atoms with Gasteiger partial charge in [-0.1, -0.05) is 0 Å². The fourth-order valence-corrected chi connectivity index (χ4v) is 3.33. The third-order valence-corrected chi connectivity index (χ3v) is 4.53. The third-order valence-electron chi connectivity index (χ3n) is 4.53. The number of benzene rings is 1. The van der Waals surface area contributed by atoms with Crippen molar-refractivity contribution >= 4 is 0 Å². The molecule has 0 unspecified atom stereocenters. The van der Waals surface area contributed by atoms with Crippen molar-refractivity contribution in [3.05, 3.63) is 27.8 Å². The molecule has 1 aromatic rings. The van der Waals surface area contributed by atoms with Crippen molar-refractivity contribution in [3.8, 4) is 5.75 Å². The quantitative estimate of drug-likeness (QED) is 0.781. The molecular weight excluding hydrogens is 212 g/mol. The first-order valence-corrected chi connectivity index (χ1v) is 6.61. The van der Waals surface area contributed by atoms with E-state index in [9.17, 15) is 10.2 Å². The van der Waals surface area contributed by atoms with Gasteiger partial charge < -0.3 is 10.2 Å². The number of phenols is 1. The second-order valence-corrected chi connectivity index (χ2v) is 5.67. The van der Waals surface area contributed by atoms with Crippen molar-refractivity contribution in [1.29, 1.82) is 0 Å².